The van der Waals surface area contributed by atoms with E-state index in [1.807, 2.05) is 4.90 Å². The molecule has 0 aromatic rings. The summed E-state index contributed by atoms with van der Waals surface area (Å²) in [4.78, 5) is 27.4. The Bertz CT molecular complexity index is 307. The molecule has 2 saturated heterocycles. The van der Waals surface area contributed by atoms with Gasteiger partial charge in [-0.3, -0.25) is 9.59 Å². The lowest BCUT2D eigenvalue weighted by molar-refractivity contribution is -0.136. The average Bonchev–Trinajstić information content (AvgIpc) is 2.78. The van der Waals surface area contributed by atoms with Gasteiger partial charge in [-0.25, -0.2) is 0 Å². The Balaban J connectivity index is 1.86. The lowest BCUT2D eigenvalue weighted by Crippen LogP contribution is -2.45. The third-order valence-corrected chi connectivity index (χ3v) is 3.82. The minimum absolute atomic E-state index is 0.00591. The number of nitrogens with zero attached hydrogens (tertiary/aromatic N) is 2. The Kier molecular flexibility index (Phi) is 3.66. The maximum Gasteiger partial charge on any atom is 0.227 e. The first-order chi connectivity index (χ1) is 8.08. The van der Waals surface area contributed by atoms with E-state index in [0.29, 0.717) is 25.4 Å². The minimum atomic E-state index is -0.00591. The molecule has 0 aromatic carbocycles. The number of hydrogen-bond acceptors (Lipinski definition) is 3. The van der Waals surface area contributed by atoms with E-state index < -0.39 is 0 Å². The van der Waals surface area contributed by atoms with Crippen molar-refractivity contribution in [1.29, 1.82) is 0 Å². The molecule has 5 heteroatoms. The van der Waals surface area contributed by atoms with Gasteiger partial charge in [0.25, 0.3) is 0 Å². The summed E-state index contributed by atoms with van der Waals surface area (Å²) in [5.74, 6) is 0.282. The van der Waals surface area contributed by atoms with E-state index in [9.17, 15) is 9.59 Å². The normalized spacial score (nSPS) is 29.6. The highest BCUT2D eigenvalue weighted by atomic mass is 16.2. The molecule has 0 aromatic heterocycles. The van der Waals surface area contributed by atoms with Crippen LogP contribution in [0, 0.1) is 5.92 Å². The monoisotopic (exact) mass is 239 g/mol. The van der Waals surface area contributed by atoms with Crippen molar-refractivity contribution in [3.8, 4) is 0 Å². The predicted octanol–water partition coefficient (Wildman–Crippen LogP) is -0.325. The third-order valence-electron chi connectivity index (χ3n) is 3.82. The molecule has 2 atom stereocenters. The second-order valence-corrected chi connectivity index (χ2v) is 5.23. The largest absolute Gasteiger partial charge is 0.355 e. The van der Waals surface area contributed by atoms with E-state index in [-0.39, 0.29) is 17.7 Å². The van der Waals surface area contributed by atoms with E-state index >= 15 is 0 Å². The molecular formula is C12H21N3O2. The molecule has 2 unspecified atom stereocenters. The van der Waals surface area contributed by atoms with E-state index in [4.69, 9.17) is 0 Å². The van der Waals surface area contributed by atoms with Crippen LogP contribution in [0.5, 0.6) is 0 Å². The van der Waals surface area contributed by atoms with Crippen molar-refractivity contribution >= 4 is 11.8 Å². The summed E-state index contributed by atoms with van der Waals surface area (Å²) in [5.41, 5.74) is 0. The van der Waals surface area contributed by atoms with E-state index in [0.717, 1.165) is 19.5 Å². The molecular weight excluding hydrogens is 218 g/mol. The molecule has 5 nitrogen and oxygen atoms in total. The molecule has 0 bridgehead atoms. The van der Waals surface area contributed by atoms with Crippen molar-refractivity contribution in [2.75, 3.05) is 33.7 Å². The number of carbonyl (C=O) groups excluding carboxylic acids is 2. The van der Waals surface area contributed by atoms with Gasteiger partial charge in [-0.15, -0.1) is 0 Å². The first kappa shape index (κ1) is 12.4. The highest BCUT2D eigenvalue weighted by Crippen LogP contribution is 2.19. The van der Waals surface area contributed by atoms with Crippen molar-refractivity contribution in [3.63, 3.8) is 0 Å². The molecule has 2 rings (SSSR count). The van der Waals surface area contributed by atoms with Gasteiger partial charge in [0.2, 0.25) is 11.8 Å². The Morgan fingerprint density at radius 1 is 1.41 bits per heavy atom. The summed E-state index contributed by atoms with van der Waals surface area (Å²) < 4.78 is 0. The van der Waals surface area contributed by atoms with E-state index in [2.05, 4.69) is 24.3 Å². The molecule has 96 valence electrons. The van der Waals surface area contributed by atoms with Gasteiger partial charge >= 0.3 is 0 Å². The van der Waals surface area contributed by atoms with Crippen LogP contribution in [-0.4, -0.2) is 61.4 Å². The Morgan fingerprint density at radius 3 is 2.71 bits per heavy atom. The van der Waals surface area contributed by atoms with Crippen LogP contribution in [-0.2, 0) is 9.59 Å². The highest BCUT2D eigenvalue weighted by Gasteiger charge is 2.33. The molecule has 2 fully saturated rings. The standard InChI is InChI=1S/C12H21N3O2/c1-14(2)10-5-6-15(8-10)12(17)9-3-4-11(16)13-7-9/h9-10H,3-8H2,1-2H3,(H,13,16). The van der Waals surface area contributed by atoms with Crippen LogP contribution in [0.25, 0.3) is 0 Å². The number of amides is 2. The fraction of sp³-hybridized carbons (Fsp3) is 0.833. The van der Waals surface area contributed by atoms with Gasteiger partial charge in [-0.1, -0.05) is 0 Å². The molecule has 0 spiro atoms. The van der Waals surface area contributed by atoms with Crippen molar-refractivity contribution < 1.29 is 9.59 Å². The predicted molar refractivity (Wildman–Crippen MR) is 64.4 cm³/mol. The number of likely N-dealkylation sites (tertiary alicyclic amines) is 1. The second kappa shape index (κ2) is 5.04. The molecule has 2 aliphatic heterocycles. The van der Waals surface area contributed by atoms with Crippen LogP contribution in [0.1, 0.15) is 19.3 Å². The number of hydrogen-bond donors (Lipinski definition) is 1. The zero-order valence-corrected chi connectivity index (χ0v) is 10.6. The van der Waals surface area contributed by atoms with Gasteiger partial charge in [0.15, 0.2) is 0 Å². The summed E-state index contributed by atoms with van der Waals surface area (Å²) in [5, 5.41) is 2.77. The topological polar surface area (TPSA) is 52.7 Å². The van der Waals surface area contributed by atoms with Crippen LogP contribution < -0.4 is 5.32 Å². The zero-order chi connectivity index (χ0) is 12.4. The maximum atomic E-state index is 12.2. The fourth-order valence-electron chi connectivity index (χ4n) is 2.57. The average molecular weight is 239 g/mol. The molecule has 1 N–H and O–H groups in total. The molecule has 2 amide bonds. The molecule has 0 radical (unpaired) electrons. The molecule has 2 aliphatic rings. The van der Waals surface area contributed by atoms with Crippen molar-refractivity contribution in [1.82, 2.24) is 15.1 Å². The van der Waals surface area contributed by atoms with Crippen LogP contribution in [0.4, 0.5) is 0 Å². The summed E-state index contributed by atoms with van der Waals surface area (Å²) in [7, 11) is 4.11. The molecule has 2 heterocycles. The van der Waals surface area contributed by atoms with Crippen molar-refractivity contribution in [2.45, 2.75) is 25.3 Å². The van der Waals surface area contributed by atoms with Crippen molar-refractivity contribution in [3.05, 3.63) is 0 Å². The minimum Gasteiger partial charge on any atom is -0.355 e. The van der Waals surface area contributed by atoms with Crippen LogP contribution in [0.15, 0.2) is 0 Å². The van der Waals surface area contributed by atoms with Gasteiger partial charge in [-0.2, -0.15) is 0 Å². The van der Waals surface area contributed by atoms with E-state index in [1.165, 1.54) is 0 Å². The smallest absolute Gasteiger partial charge is 0.227 e. The third kappa shape index (κ3) is 2.77. The number of rotatable bonds is 2. The maximum absolute atomic E-state index is 12.2. The fourth-order valence-corrected chi connectivity index (χ4v) is 2.57. The van der Waals surface area contributed by atoms with Gasteiger partial charge in [0, 0.05) is 32.1 Å². The van der Waals surface area contributed by atoms with Crippen molar-refractivity contribution in [2.24, 2.45) is 5.92 Å². The SMILES string of the molecule is CN(C)C1CCN(C(=O)C2CCC(=O)NC2)C1. The Labute approximate surface area is 102 Å². The lowest BCUT2D eigenvalue weighted by atomic mass is 9.98. The van der Waals surface area contributed by atoms with Crippen LogP contribution in [0.2, 0.25) is 0 Å². The van der Waals surface area contributed by atoms with Gasteiger partial charge in [0.1, 0.15) is 0 Å². The van der Waals surface area contributed by atoms with Gasteiger partial charge in [-0.05, 0) is 26.9 Å². The Morgan fingerprint density at radius 2 is 2.18 bits per heavy atom. The van der Waals surface area contributed by atoms with Crippen LogP contribution >= 0.6 is 0 Å². The summed E-state index contributed by atoms with van der Waals surface area (Å²) in [6.45, 7) is 2.20. The van der Waals surface area contributed by atoms with Gasteiger partial charge in [0.05, 0.1) is 5.92 Å². The van der Waals surface area contributed by atoms with Gasteiger partial charge < -0.3 is 15.1 Å². The number of nitrogens with one attached hydrogen (secondary N) is 1. The summed E-state index contributed by atoms with van der Waals surface area (Å²) in [6, 6.07) is 0.483. The summed E-state index contributed by atoms with van der Waals surface area (Å²) >= 11 is 0. The molecule has 0 saturated carbocycles. The number of piperidine rings is 1. The first-order valence-electron chi connectivity index (χ1n) is 6.30. The molecule has 0 aliphatic carbocycles. The molecule has 17 heavy (non-hydrogen) atoms. The van der Waals surface area contributed by atoms with Crippen LogP contribution in [0.3, 0.4) is 0 Å². The first-order valence-corrected chi connectivity index (χ1v) is 6.30. The van der Waals surface area contributed by atoms with E-state index in [1.54, 1.807) is 0 Å². The number of carbonyl (C=O) groups is 2. The summed E-state index contributed by atoms with van der Waals surface area (Å²) in [6.07, 6.45) is 2.24. The lowest BCUT2D eigenvalue weighted by Gasteiger charge is -2.27. The highest BCUT2D eigenvalue weighted by molar-refractivity contribution is 5.84. The second-order valence-electron chi connectivity index (χ2n) is 5.23. The quantitative estimate of drug-likeness (QED) is 0.718. The Hall–Kier alpha value is -1.10. The zero-order valence-electron chi connectivity index (χ0n) is 10.6. The number of likely N-dealkylation sites (N-methyl/N-ethyl adjacent to an activating group) is 1.